The van der Waals surface area contributed by atoms with E-state index in [9.17, 15) is 13.2 Å². The summed E-state index contributed by atoms with van der Waals surface area (Å²) in [4.78, 5) is 9.16. The van der Waals surface area contributed by atoms with Crippen molar-refractivity contribution < 1.29 is 17.9 Å². The quantitative estimate of drug-likeness (QED) is 0.595. The van der Waals surface area contributed by atoms with E-state index in [-0.39, 0.29) is 5.75 Å². The molecule has 1 unspecified atom stereocenters. The second kappa shape index (κ2) is 9.33. The van der Waals surface area contributed by atoms with Crippen molar-refractivity contribution in [1.29, 1.82) is 0 Å². The Balaban J connectivity index is 1.51. The Morgan fingerprint density at radius 2 is 1.91 bits per heavy atom. The molecule has 172 valence electrons. The molecular weight excluding hydrogens is 421 g/mol. The van der Waals surface area contributed by atoms with E-state index in [1.807, 2.05) is 12.1 Å². The number of fused-ring (bicyclic) bond motifs is 1. The van der Waals surface area contributed by atoms with E-state index < -0.39 is 6.36 Å². The van der Waals surface area contributed by atoms with E-state index in [1.54, 1.807) is 16.8 Å². The molecule has 1 aromatic carbocycles. The number of rotatable bonds is 7. The predicted molar refractivity (Wildman–Crippen MR) is 117 cm³/mol. The summed E-state index contributed by atoms with van der Waals surface area (Å²) in [6.45, 7) is 7.17. The van der Waals surface area contributed by atoms with Crippen molar-refractivity contribution in [2.24, 2.45) is 0 Å². The molecule has 0 aliphatic carbocycles. The lowest BCUT2D eigenvalue weighted by atomic mass is 10.1. The van der Waals surface area contributed by atoms with Crippen molar-refractivity contribution in [1.82, 2.24) is 24.4 Å². The first-order valence-electron chi connectivity index (χ1n) is 10.7. The summed E-state index contributed by atoms with van der Waals surface area (Å²) in [7, 11) is 2.14. The zero-order valence-electron chi connectivity index (χ0n) is 18.1. The van der Waals surface area contributed by atoms with Crippen LogP contribution in [0.25, 0.3) is 16.9 Å². The molecule has 0 amide bonds. The molecule has 32 heavy (non-hydrogen) atoms. The Hall–Kier alpha value is -2.85. The lowest BCUT2D eigenvalue weighted by Crippen LogP contribution is -2.50. The molecule has 3 aromatic rings. The van der Waals surface area contributed by atoms with Crippen molar-refractivity contribution in [3.8, 4) is 17.0 Å². The van der Waals surface area contributed by atoms with Gasteiger partial charge in [0.1, 0.15) is 11.6 Å². The van der Waals surface area contributed by atoms with E-state index >= 15 is 0 Å². The van der Waals surface area contributed by atoms with Crippen molar-refractivity contribution in [2.75, 3.05) is 45.1 Å². The number of aromatic nitrogens is 3. The van der Waals surface area contributed by atoms with Crippen LogP contribution >= 0.6 is 0 Å². The number of piperazine rings is 1. The number of halogens is 3. The van der Waals surface area contributed by atoms with Crippen molar-refractivity contribution >= 4 is 11.5 Å². The molecule has 1 fully saturated rings. The normalized spacial score (nSPS) is 16.9. The average molecular weight is 448 g/mol. The Kier molecular flexibility index (Phi) is 6.52. The number of hydrogen-bond acceptors (Lipinski definition) is 6. The van der Waals surface area contributed by atoms with Gasteiger partial charge in [-0.15, -0.1) is 18.3 Å². The topological polar surface area (TPSA) is 57.9 Å². The highest BCUT2D eigenvalue weighted by atomic mass is 19.4. The molecule has 0 radical (unpaired) electrons. The maximum absolute atomic E-state index is 12.6. The number of nitrogens with zero attached hydrogens (tertiary/aromatic N) is 5. The van der Waals surface area contributed by atoms with E-state index in [2.05, 4.69) is 43.9 Å². The fraction of sp³-hybridized carbons (Fsp3) is 0.455. The monoisotopic (exact) mass is 448 g/mol. The Morgan fingerprint density at radius 3 is 2.62 bits per heavy atom. The van der Waals surface area contributed by atoms with Gasteiger partial charge in [0.05, 0.1) is 11.9 Å². The third-order valence-electron chi connectivity index (χ3n) is 5.77. The third kappa shape index (κ3) is 5.31. The van der Waals surface area contributed by atoms with Crippen LogP contribution in [-0.2, 0) is 0 Å². The minimum absolute atomic E-state index is 0.280. The zero-order valence-corrected chi connectivity index (χ0v) is 18.1. The highest BCUT2D eigenvalue weighted by molar-refractivity contribution is 5.65. The molecule has 7 nitrogen and oxygen atoms in total. The van der Waals surface area contributed by atoms with Crippen LogP contribution in [0.4, 0.5) is 19.0 Å². The van der Waals surface area contributed by atoms with Crippen molar-refractivity contribution in [3.63, 3.8) is 0 Å². The van der Waals surface area contributed by atoms with Gasteiger partial charge in [0.15, 0.2) is 5.65 Å². The summed E-state index contributed by atoms with van der Waals surface area (Å²) < 4.78 is 43.4. The van der Waals surface area contributed by atoms with E-state index in [4.69, 9.17) is 0 Å². The van der Waals surface area contributed by atoms with Crippen LogP contribution in [0.1, 0.15) is 13.3 Å². The number of imidazole rings is 1. The van der Waals surface area contributed by atoms with Gasteiger partial charge in [-0.3, -0.25) is 4.90 Å². The van der Waals surface area contributed by atoms with Crippen LogP contribution in [0.15, 0.2) is 42.6 Å². The van der Waals surface area contributed by atoms with Crippen molar-refractivity contribution in [2.45, 2.75) is 25.7 Å². The first-order chi connectivity index (χ1) is 15.3. The molecule has 1 aliphatic rings. The zero-order chi connectivity index (χ0) is 22.7. The van der Waals surface area contributed by atoms with Gasteiger partial charge in [-0.25, -0.2) is 9.50 Å². The van der Waals surface area contributed by atoms with E-state index in [0.717, 1.165) is 39.1 Å². The lowest BCUT2D eigenvalue weighted by Gasteiger charge is -2.37. The molecule has 1 N–H and O–H groups in total. The average Bonchev–Trinajstić information content (AvgIpc) is 3.18. The minimum Gasteiger partial charge on any atom is -0.406 e. The summed E-state index contributed by atoms with van der Waals surface area (Å²) in [6, 6.07) is 9.93. The summed E-state index contributed by atoms with van der Waals surface area (Å²) >= 11 is 0. The molecule has 1 saturated heterocycles. The number of ether oxygens (including phenoxy) is 1. The van der Waals surface area contributed by atoms with Gasteiger partial charge in [0.25, 0.3) is 0 Å². The second-order valence-corrected chi connectivity index (χ2v) is 7.99. The first kappa shape index (κ1) is 22.3. The smallest absolute Gasteiger partial charge is 0.406 e. The number of nitrogens with one attached hydrogen (secondary N) is 1. The molecule has 4 rings (SSSR count). The fourth-order valence-electron chi connectivity index (χ4n) is 3.96. The number of alkyl halides is 3. The summed E-state index contributed by atoms with van der Waals surface area (Å²) in [5, 5.41) is 8.05. The minimum atomic E-state index is -4.74. The van der Waals surface area contributed by atoms with Gasteiger partial charge in [0, 0.05) is 44.3 Å². The Labute approximate surface area is 184 Å². The highest BCUT2D eigenvalue weighted by Crippen LogP contribution is 2.28. The molecule has 10 heteroatoms. The standard InChI is InChI=1S/C22H27F3N6O/c1-3-17(30-11-9-29(2)10-12-30)14-26-20-7-8-21-27-15-19(31(21)28-20)16-5-4-6-18(13-16)32-22(23,24)25/h4-8,13,15,17H,3,9-12,14H2,1-2H3,(H,26,28). The molecule has 3 heterocycles. The van der Waals surface area contributed by atoms with E-state index in [1.165, 1.54) is 18.2 Å². The highest BCUT2D eigenvalue weighted by Gasteiger charge is 2.31. The lowest BCUT2D eigenvalue weighted by molar-refractivity contribution is -0.274. The molecule has 1 aliphatic heterocycles. The molecule has 2 aromatic heterocycles. The molecule has 0 spiro atoms. The van der Waals surface area contributed by atoms with Crippen LogP contribution in [0.5, 0.6) is 5.75 Å². The van der Waals surface area contributed by atoms with Gasteiger partial charge in [-0.05, 0) is 37.7 Å². The largest absolute Gasteiger partial charge is 0.573 e. The van der Waals surface area contributed by atoms with Gasteiger partial charge in [0.2, 0.25) is 0 Å². The molecule has 0 bridgehead atoms. The van der Waals surface area contributed by atoms with Gasteiger partial charge >= 0.3 is 6.36 Å². The van der Waals surface area contributed by atoms with Gasteiger partial charge < -0.3 is 15.0 Å². The van der Waals surface area contributed by atoms with Crippen LogP contribution in [0, 0.1) is 0 Å². The fourth-order valence-corrected chi connectivity index (χ4v) is 3.96. The Bertz CT molecular complexity index is 1050. The molecule has 0 saturated carbocycles. The number of likely N-dealkylation sites (N-methyl/N-ethyl adjacent to an activating group) is 1. The van der Waals surface area contributed by atoms with Crippen LogP contribution in [-0.4, -0.2) is 76.6 Å². The predicted octanol–water partition coefficient (Wildman–Crippen LogP) is 3.73. The maximum Gasteiger partial charge on any atom is 0.573 e. The van der Waals surface area contributed by atoms with Crippen molar-refractivity contribution in [3.05, 3.63) is 42.6 Å². The number of benzene rings is 1. The number of hydrogen-bond donors (Lipinski definition) is 1. The Morgan fingerprint density at radius 1 is 1.12 bits per heavy atom. The second-order valence-electron chi connectivity index (χ2n) is 7.99. The van der Waals surface area contributed by atoms with E-state index in [0.29, 0.717) is 28.8 Å². The summed E-state index contributed by atoms with van der Waals surface area (Å²) in [5.41, 5.74) is 1.73. The maximum atomic E-state index is 12.6. The summed E-state index contributed by atoms with van der Waals surface area (Å²) in [6.07, 6.45) is -2.12. The molecule has 1 atom stereocenters. The van der Waals surface area contributed by atoms with Gasteiger partial charge in [-0.2, -0.15) is 0 Å². The van der Waals surface area contributed by atoms with Crippen LogP contribution < -0.4 is 10.1 Å². The van der Waals surface area contributed by atoms with Crippen LogP contribution in [0.3, 0.4) is 0 Å². The van der Waals surface area contributed by atoms with Gasteiger partial charge in [-0.1, -0.05) is 19.1 Å². The molecular formula is C22H27F3N6O. The third-order valence-corrected chi connectivity index (χ3v) is 5.77. The SMILES string of the molecule is CCC(CNc1ccc2ncc(-c3cccc(OC(F)(F)F)c3)n2n1)N1CCN(C)CC1. The first-order valence-corrected chi connectivity index (χ1v) is 10.7. The van der Waals surface area contributed by atoms with Crippen LogP contribution in [0.2, 0.25) is 0 Å². The number of anilines is 1. The summed E-state index contributed by atoms with van der Waals surface area (Å²) in [5.74, 6) is 0.407.